The summed E-state index contributed by atoms with van der Waals surface area (Å²) in [6, 6.07) is 9.74. The number of hydrogen-bond acceptors (Lipinski definition) is 4. The van der Waals surface area contributed by atoms with E-state index in [0.29, 0.717) is 13.0 Å². The average Bonchev–Trinajstić information content (AvgIpc) is 2.72. The number of sulfonamides is 1. The first-order valence-corrected chi connectivity index (χ1v) is 11.9. The third kappa shape index (κ3) is 9.85. The fourth-order valence-corrected chi connectivity index (χ4v) is 3.78. The maximum atomic E-state index is 12.2. The monoisotopic (exact) mass is 424 g/mol. The van der Waals surface area contributed by atoms with E-state index in [4.69, 9.17) is 0 Å². The summed E-state index contributed by atoms with van der Waals surface area (Å²) in [6.07, 6.45) is 2.93. The lowest BCUT2D eigenvalue weighted by Gasteiger charge is -2.26. The third-order valence-corrected chi connectivity index (χ3v) is 5.60. The number of carbonyl (C=O) groups excluding carboxylic acids is 2. The number of carbonyl (C=O) groups is 2. The van der Waals surface area contributed by atoms with Gasteiger partial charge in [-0.2, -0.15) is 0 Å². The molecule has 1 aromatic rings. The van der Waals surface area contributed by atoms with Crippen LogP contribution in [0.4, 0.5) is 0 Å². The Hall–Kier alpha value is -1.99. The predicted molar refractivity (Wildman–Crippen MR) is 119 cm³/mol. The highest BCUT2D eigenvalue weighted by molar-refractivity contribution is 7.89. The Balaban J connectivity index is 0.00000184. The number of amides is 1. The molecule has 0 aromatic heterocycles. The summed E-state index contributed by atoms with van der Waals surface area (Å²) in [7, 11) is -3.43. The molecule has 1 aliphatic heterocycles. The summed E-state index contributed by atoms with van der Waals surface area (Å²) < 4.78 is 27.0. The van der Waals surface area contributed by atoms with Crippen molar-refractivity contribution in [3.05, 3.63) is 48.2 Å². The van der Waals surface area contributed by atoms with Gasteiger partial charge in [0.1, 0.15) is 0 Å². The van der Waals surface area contributed by atoms with E-state index in [1.165, 1.54) is 17.2 Å². The number of benzene rings is 1. The fourth-order valence-electron chi connectivity index (χ4n) is 2.54. The van der Waals surface area contributed by atoms with Crippen LogP contribution in [0, 0.1) is 0 Å². The lowest BCUT2D eigenvalue weighted by molar-refractivity contribution is -0.133. The number of hydrogen-bond donors (Lipinski definition) is 1. The number of allylic oxidation sites excluding steroid dienone is 1. The summed E-state index contributed by atoms with van der Waals surface area (Å²) in [5.74, 6) is -0.578. The Morgan fingerprint density at radius 2 is 1.62 bits per heavy atom. The molecule has 1 aromatic carbocycles. The van der Waals surface area contributed by atoms with Gasteiger partial charge < -0.3 is 4.90 Å². The number of nitrogens with one attached hydrogen (secondary N) is 1. The minimum Gasteiger partial charge on any atom is -0.319 e. The highest BCUT2D eigenvalue weighted by atomic mass is 32.2. The highest BCUT2D eigenvalue weighted by Gasteiger charge is 2.24. The van der Waals surface area contributed by atoms with Gasteiger partial charge in [-0.3, -0.25) is 9.59 Å². The molecule has 2 rings (SSSR count). The second-order valence-corrected chi connectivity index (χ2v) is 8.72. The van der Waals surface area contributed by atoms with E-state index in [1.807, 2.05) is 71.9 Å². The molecule has 29 heavy (non-hydrogen) atoms. The van der Waals surface area contributed by atoms with Gasteiger partial charge in [0.15, 0.2) is 5.78 Å². The SMILES string of the molecule is CC.CC.CC(C)(CNS(=O)(=O)CCCN1C=CC(=O)CC1=O)c1ccccc1. The summed E-state index contributed by atoms with van der Waals surface area (Å²) in [4.78, 5) is 24.2. The molecule has 7 heteroatoms. The Labute approximate surface area is 176 Å². The van der Waals surface area contributed by atoms with Crippen LogP contribution in [0.3, 0.4) is 0 Å². The topological polar surface area (TPSA) is 83.6 Å². The number of rotatable bonds is 8. The molecule has 0 spiro atoms. The van der Waals surface area contributed by atoms with Crippen molar-refractivity contribution in [2.24, 2.45) is 0 Å². The van der Waals surface area contributed by atoms with E-state index in [9.17, 15) is 18.0 Å². The van der Waals surface area contributed by atoms with Crippen LogP contribution in [0.1, 0.15) is 59.9 Å². The van der Waals surface area contributed by atoms with Crippen LogP contribution in [-0.2, 0) is 25.0 Å². The first kappa shape index (κ1) is 27.0. The van der Waals surface area contributed by atoms with Crippen LogP contribution in [0.25, 0.3) is 0 Å². The zero-order valence-electron chi connectivity index (χ0n) is 18.6. The van der Waals surface area contributed by atoms with Gasteiger partial charge in [0.05, 0.1) is 12.2 Å². The van der Waals surface area contributed by atoms with Gasteiger partial charge in [-0.15, -0.1) is 0 Å². The van der Waals surface area contributed by atoms with Crippen molar-refractivity contribution in [1.29, 1.82) is 0 Å². The fraction of sp³-hybridized carbons (Fsp3) is 0.545. The van der Waals surface area contributed by atoms with E-state index < -0.39 is 10.0 Å². The Morgan fingerprint density at radius 3 is 2.17 bits per heavy atom. The van der Waals surface area contributed by atoms with E-state index in [0.717, 1.165) is 5.56 Å². The number of ketones is 1. The molecule has 0 radical (unpaired) electrons. The van der Waals surface area contributed by atoms with Crippen LogP contribution in [-0.4, -0.2) is 43.9 Å². The second kappa shape index (κ2) is 13.3. The van der Waals surface area contributed by atoms with Crippen LogP contribution >= 0.6 is 0 Å². The molecule has 164 valence electrons. The maximum absolute atomic E-state index is 12.2. The molecule has 0 fully saturated rings. The summed E-state index contributed by atoms with van der Waals surface area (Å²) >= 11 is 0. The van der Waals surface area contributed by atoms with Crippen molar-refractivity contribution >= 4 is 21.7 Å². The minimum absolute atomic E-state index is 0.0660. The molecule has 0 aliphatic carbocycles. The van der Waals surface area contributed by atoms with Crippen molar-refractivity contribution in [2.75, 3.05) is 18.8 Å². The first-order chi connectivity index (χ1) is 13.7. The van der Waals surface area contributed by atoms with E-state index >= 15 is 0 Å². The van der Waals surface area contributed by atoms with Crippen molar-refractivity contribution < 1.29 is 18.0 Å². The Bertz CT molecular complexity index is 756. The van der Waals surface area contributed by atoms with Crippen LogP contribution < -0.4 is 4.72 Å². The van der Waals surface area contributed by atoms with Crippen molar-refractivity contribution in [1.82, 2.24) is 9.62 Å². The van der Waals surface area contributed by atoms with Gasteiger partial charge in [-0.1, -0.05) is 71.9 Å². The predicted octanol–water partition coefficient (Wildman–Crippen LogP) is 3.64. The van der Waals surface area contributed by atoms with E-state index in [2.05, 4.69) is 4.72 Å². The second-order valence-electron chi connectivity index (χ2n) is 6.79. The standard InChI is InChI=1S/C18H24N2O4S.2C2H6/c1-18(2,15-7-4-3-5-8-15)14-19-25(23,24)12-6-10-20-11-9-16(21)13-17(20)22;2*1-2/h3-5,7-9,11,19H,6,10,12-14H2,1-2H3;2*1-2H3. The lowest BCUT2D eigenvalue weighted by Crippen LogP contribution is -2.38. The molecule has 1 heterocycles. The third-order valence-electron chi connectivity index (χ3n) is 4.19. The van der Waals surface area contributed by atoms with Gasteiger partial charge in [-0.25, -0.2) is 13.1 Å². The Kier molecular flexibility index (Phi) is 12.4. The van der Waals surface area contributed by atoms with Crippen LogP contribution in [0.15, 0.2) is 42.6 Å². The van der Waals surface area contributed by atoms with Gasteiger partial charge in [0, 0.05) is 24.7 Å². The maximum Gasteiger partial charge on any atom is 0.234 e. The van der Waals surface area contributed by atoms with Gasteiger partial charge in [-0.05, 0) is 18.1 Å². The molecule has 1 aliphatic rings. The molecular formula is C22H36N2O4S. The molecule has 0 saturated carbocycles. The summed E-state index contributed by atoms with van der Waals surface area (Å²) in [5.41, 5.74) is 0.742. The van der Waals surface area contributed by atoms with Crippen molar-refractivity contribution in [3.8, 4) is 0 Å². The molecule has 6 nitrogen and oxygen atoms in total. The van der Waals surface area contributed by atoms with Gasteiger partial charge in [0.25, 0.3) is 0 Å². The minimum atomic E-state index is -3.43. The number of nitrogens with zero attached hydrogens (tertiary/aromatic N) is 1. The zero-order chi connectivity index (χ0) is 22.5. The van der Waals surface area contributed by atoms with Crippen molar-refractivity contribution in [2.45, 2.75) is 59.8 Å². The Morgan fingerprint density at radius 1 is 1.03 bits per heavy atom. The molecule has 0 saturated heterocycles. The smallest absolute Gasteiger partial charge is 0.234 e. The van der Waals surface area contributed by atoms with Gasteiger partial charge >= 0.3 is 0 Å². The quantitative estimate of drug-likeness (QED) is 0.646. The normalized spacial score (nSPS) is 13.9. The summed E-state index contributed by atoms with van der Waals surface area (Å²) in [6.45, 7) is 12.6. The van der Waals surface area contributed by atoms with E-state index in [-0.39, 0.29) is 35.8 Å². The van der Waals surface area contributed by atoms with Crippen molar-refractivity contribution in [3.63, 3.8) is 0 Å². The average molecular weight is 425 g/mol. The molecule has 0 atom stereocenters. The molecular weight excluding hydrogens is 388 g/mol. The zero-order valence-corrected chi connectivity index (χ0v) is 19.4. The van der Waals surface area contributed by atoms with Gasteiger partial charge in [0.2, 0.25) is 15.9 Å². The first-order valence-electron chi connectivity index (χ1n) is 10.2. The van der Waals surface area contributed by atoms with Crippen LogP contribution in [0.2, 0.25) is 0 Å². The molecule has 1 amide bonds. The van der Waals surface area contributed by atoms with E-state index in [1.54, 1.807) is 0 Å². The molecule has 0 unspecified atom stereocenters. The summed E-state index contributed by atoms with van der Waals surface area (Å²) in [5, 5.41) is 0. The largest absolute Gasteiger partial charge is 0.319 e. The lowest BCUT2D eigenvalue weighted by atomic mass is 9.85. The molecule has 0 bridgehead atoms. The highest BCUT2D eigenvalue weighted by Crippen LogP contribution is 2.22. The molecule has 1 N–H and O–H groups in total. The van der Waals surface area contributed by atoms with Crippen LogP contribution in [0.5, 0.6) is 0 Å².